The fourth-order valence-corrected chi connectivity index (χ4v) is 2.41. The molecule has 0 heterocycles. The van der Waals surface area contributed by atoms with Crippen molar-refractivity contribution in [2.45, 2.75) is 0 Å². The van der Waals surface area contributed by atoms with Gasteiger partial charge in [-0.25, -0.2) is 4.39 Å². The predicted octanol–water partition coefficient (Wildman–Crippen LogP) is 2.38. The molecule has 0 aromatic heterocycles. The van der Waals surface area contributed by atoms with Gasteiger partial charge in [0.05, 0.1) is 5.56 Å². The van der Waals surface area contributed by atoms with Crippen LogP contribution >= 0.6 is 34.8 Å². The molecule has 2 aromatic rings. The molecule has 118 valence electrons. The van der Waals surface area contributed by atoms with E-state index < -0.39 is 11.7 Å². The molecule has 0 aliphatic heterocycles. The van der Waals surface area contributed by atoms with Crippen molar-refractivity contribution >= 4 is 51.7 Å². The average molecular weight is 443 g/mol. The predicted molar refractivity (Wildman–Crippen MR) is 96.2 cm³/mol. The van der Waals surface area contributed by atoms with Crippen LogP contribution in [0.2, 0.25) is 0 Å². The lowest BCUT2D eigenvalue weighted by Crippen LogP contribution is -2.48. The highest BCUT2D eigenvalue weighted by molar-refractivity contribution is 14.1. The number of carbonyl (C=O) groups excluding carboxylic acids is 2. The van der Waals surface area contributed by atoms with Crippen LogP contribution in [0.5, 0.6) is 0 Å². The lowest BCUT2D eigenvalue weighted by atomic mass is 10.2. The number of carbonyl (C=O) groups is 2. The van der Waals surface area contributed by atoms with E-state index in [1.54, 1.807) is 18.2 Å². The van der Waals surface area contributed by atoms with E-state index in [4.69, 9.17) is 12.2 Å². The van der Waals surface area contributed by atoms with Gasteiger partial charge in [-0.3, -0.25) is 25.8 Å². The van der Waals surface area contributed by atoms with Crippen molar-refractivity contribution in [2.75, 3.05) is 0 Å². The van der Waals surface area contributed by atoms with Crippen LogP contribution in [0.3, 0.4) is 0 Å². The number of benzene rings is 2. The summed E-state index contributed by atoms with van der Waals surface area (Å²) in [6, 6.07) is 12.0. The van der Waals surface area contributed by atoms with Crippen molar-refractivity contribution in [2.24, 2.45) is 0 Å². The topological polar surface area (TPSA) is 70.2 Å². The summed E-state index contributed by atoms with van der Waals surface area (Å²) in [4.78, 5) is 23.8. The number of thiocarbonyl (C=S) groups is 1. The van der Waals surface area contributed by atoms with Crippen molar-refractivity contribution in [1.29, 1.82) is 0 Å². The Labute approximate surface area is 150 Å². The molecule has 0 saturated heterocycles. The molecular weight excluding hydrogens is 432 g/mol. The van der Waals surface area contributed by atoms with E-state index in [1.807, 2.05) is 28.7 Å². The number of nitrogens with one attached hydrogen (secondary N) is 3. The van der Waals surface area contributed by atoms with Crippen LogP contribution in [0.1, 0.15) is 20.7 Å². The quantitative estimate of drug-likeness (QED) is 0.379. The fourth-order valence-electron chi connectivity index (χ4n) is 1.63. The Kier molecular flexibility index (Phi) is 5.99. The first-order chi connectivity index (χ1) is 11.0. The molecule has 0 aliphatic carbocycles. The zero-order valence-electron chi connectivity index (χ0n) is 11.6. The molecule has 2 aromatic carbocycles. The zero-order valence-corrected chi connectivity index (χ0v) is 14.6. The molecule has 8 heteroatoms. The maximum atomic E-state index is 12.8. The maximum absolute atomic E-state index is 12.8. The number of hydrazine groups is 1. The molecule has 0 saturated carbocycles. The summed E-state index contributed by atoms with van der Waals surface area (Å²) in [5.74, 6) is -1.33. The van der Waals surface area contributed by atoms with Gasteiger partial charge >= 0.3 is 0 Å². The van der Waals surface area contributed by atoms with E-state index >= 15 is 0 Å². The minimum Gasteiger partial charge on any atom is -0.298 e. The second-order valence-electron chi connectivity index (χ2n) is 4.35. The smallest absolute Gasteiger partial charge is 0.270 e. The van der Waals surface area contributed by atoms with Gasteiger partial charge in [0.2, 0.25) is 0 Å². The summed E-state index contributed by atoms with van der Waals surface area (Å²) >= 11 is 6.96. The fraction of sp³-hybridized carbons (Fsp3) is 0. The lowest BCUT2D eigenvalue weighted by Gasteiger charge is -2.11. The molecular formula is C15H11FIN3O2S. The number of hydrogen-bond acceptors (Lipinski definition) is 3. The highest BCUT2D eigenvalue weighted by atomic mass is 127. The minimum atomic E-state index is -0.508. The van der Waals surface area contributed by atoms with Gasteiger partial charge in [0.25, 0.3) is 11.8 Å². The van der Waals surface area contributed by atoms with Crippen LogP contribution in [-0.2, 0) is 0 Å². The Morgan fingerprint density at radius 1 is 0.957 bits per heavy atom. The van der Waals surface area contributed by atoms with Crippen molar-refractivity contribution in [3.63, 3.8) is 0 Å². The van der Waals surface area contributed by atoms with Gasteiger partial charge in [-0.1, -0.05) is 12.1 Å². The van der Waals surface area contributed by atoms with Crippen molar-refractivity contribution in [3.8, 4) is 0 Å². The summed E-state index contributed by atoms with van der Waals surface area (Å²) in [6.45, 7) is 0. The molecule has 2 amide bonds. The number of rotatable bonds is 2. The van der Waals surface area contributed by atoms with E-state index in [2.05, 4.69) is 16.2 Å². The van der Waals surface area contributed by atoms with E-state index in [0.29, 0.717) is 5.56 Å². The highest BCUT2D eigenvalue weighted by Crippen LogP contribution is 2.10. The van der Waals surface area contributed by atoms with E-state index in [0.717, 1.165) is 3.57 Å². The second-order valence-corrected chi connectivity index (χ2v) is 5.92. The van der Waals surface area contributed by atoms with Gasteiger partial charge < -0.3 is 0 Å². The standard InChI is InChI=1S/C15H11FIN3O2S/c16-10-7-5-9(6-8-10)13(21)18-15(23)20-19-14(22)11-3-1-2-4-12(11)17/h1-8H,(H,19,22)(H2,18,20,21,23). The summed E-state index contributed by atoms with van der Waals surface area (Å²) in [7, 11) is 0. The van der Waals surface area contributed by atoms with Gasteiger partial charge in [-0.05, 0) is 71.2 Å². The summed E-state index contributed by atoms with van der Waals surface area (Å²) in [5, 5.41) is 2.31. The third kappa shape index (κ3) is 4.96. The summed E-state index contributed by atoms with van der Waals surface area (Å²) in [5.41, 5.74) is 5.57. The molecule has 0 unspecified atom stereocenters. The average Bonchev–Trinajstić information content (AvgIpc) is 2.53. The minimum absolute atomic E-state index is 0.0707. The van der Waals surface area contributed by atoms with Gasteiger partial charge in [0.1, 0.15) is 5.82 Å². The molecule has 5 nitrogen and oxygen atoms in total. The summed E-state index contributed by atoms with van der Waals surface area (Å²) in [6.07, 6.45) is 0. The zero-order chi connectivity index (χ0) is 16.8. The number of halogens is 2. The molecule has 0 fully saturated rings. The van der Waals surface area contributed by atoms with Crippen molar-refractivity contribution in [3.05, 3.63) is 69.0 Å². The normalized spacial score (nSPS) is 9.83. The summed E-state index contributed by atoms with van der Waals surface area (Å²) < 4.78 is 13.6. The molecule has 0 spiro atoms. The van der Waals surface area contributed by atoms with Gasteiger partial charge in [-0.15, -0.1) is 0 Å². The molecule has 23 heavy (non-hydrogen) atoms. The first kappa shape index (κ1) is 17.3. The van der Waals surface area contributed by atoms with Gasteiger partial charge in [0, 0.05) is 9.13 Å². The number of hydrogen-bond donors (Lipinski definition) is 3. The Morgan fingerprint density at radius 2 is 1.61 bits per heavy atom. The molecule has 2 rings (SSSR count). The molecule has 0 radical (unpaired) electrons. The Morgan fingerprint density at radius 3 is 2.26 bits per heavy atom. The van der Waals surface area contributed by atoms with E-state index in [-0.39, 0.29) is 16.6 Å². The van der Waals surface area contributed by atoms with Crippen LogP contribution in [0.25, 0.3) is 0 Å². The lowest BCUT2D eigenvalue weighted by molar-refractivity contribution is 0.0934. The van der Waals surface area contributed by atoms with Crippen LogP contribution in [0, 0.1) is 9.39 Å². The Bertz CT molecular complexity index is 753. The first-order valence-electron chi connectivity index (χ1n) is 6.39. The highest BCUT2D eigenvalue weighted by Gasteiger charge is 2.11. The van der Waals surface area contributed by atoms with Crippen molar-refractivity contribution < 1.29 is 14.0 Å². The van der Waals surface area contributed by atoms with E-state index in [9.17, 15) is 14.0 Å². The Balaban J connectivity index is 1.88. The van der Waals surface area contributed by atoms with Crippen molar-refractivity contribution in [1.82, 2.24) is 16.2 Å². The first-order valence-corrected chi connectivity index (χ1v) is 7.88. The Hall–Kier alpha value is -2.07. The molecule has 0 atom stereocenters. The van der Waals surface area contributed by atoms with Gasteiger partial charge in [-0.2, -0.15) is 0 Å². The van der Waals surface area contributed by atoms with Crippen LogP contribution < -0.4 is 16.2 Å². The monoisotopic (exact) mass is 443 g/mol. The third-order valence-electron chi connectivity index (χ3n) is 2.74. The largest absolute Gasteiger partial charge is 0.298 e. The van der Waals surface area contributed by atoms with Gasteiger partial charge in [0.15, 0.2) is 5.11 Å². The molecule has 0 aliphatic rings. The second kappa shape index (κ2) is 7.97. The molecule has 3 N–H and O–H groups in total. The SMILES string of the molecule is O=C(NC(=S)NNC(=O)c1ccccc1I)c1ccc(F)cc1. The van der Waals surface area contributed by atoms with Crippen LogP contribution in [-0.4, -0.2) is 16.9 Å². The molecule has 0 bridgehead atoms. The van der Waals surface area contributed by atoms with Crippen LogP contribution in [0.4, 0.5) is 4.39 Å². The maximum Gasteiger partial charge on any atom is 0.270 e. The van der Waals surface area contributed by atoms with Crippen LogP contribution in [0.15, 0.2) is 48.5 Å². The number of amides is 2. The third-order valence-corrected chi connectivity index (χ3v) is 3.89. The van der Waals surface area contributed by atoms with E-state index in [1.165, 1.54) is 24.3 Å².